The minimum Gasteiger partial charge on any atom is -0.356 e. The van der Waals surface area contributed by atoms with Gasteiger partial charge in [0.05, 0.1) is 13.1 Å². The number of aromatic nitrogens is 4. The van der Waals surface area contributed by atoms with Gasteiger partial charge >= 0.3 is 6.03 Å². The topological polar surface area (TPSA) is 158 Å². The summed E-state index contributed by atoms with van der Waals surface area (Å²) >= 11 is 0. The Morgan fingerprint density at radius 1 is 1.20 bits per heavy atom. The molecule has 0 saturated carbocycles. The lowest BCUT2D eigenvalue weighted by Crippen LogP contribution is -2.55. The number of fused-ring (bicyclic) bond motifs is 1. The smallest absolute Gasteiger partial charge is 0.321 e. The first-order valence-electron chi connectivity index (χ1n) is 9.27. The SMILES string of the molecule is CC(C)(C)NS(=O)(=O)c1cncc(-c2ccc3nc(NC(=O)NCC[NH3+])nn3c2)c1. The van der Waals surface area contributed by atoms with Crippen LogP contribution in [-0.4, -0.2) is 52.7 Å². The number of nitrogens with zero attached hydrogens (tertiary/aromatic N) is 4. The van der Waals surface area contributed by atoms with E-state index < -0.39 is 21.6 Å². The highest BCUT2D eigenvalue weighted by Crippen LogP contribution is 2.23. The molecule has 0 aromatic carbocycles. The third-order valence-corrected chi connectivity index (χ3v) is 5.54. The molecule has 3 heterocycles. The van der Waals surface area contributed by atoms with Crippen molar-refractivity contribution in [3.63, 3.8) is 0 Å². The molecular formula is C18H25N8O3S+. The Balaban J connectivity index is 1.87. The van der Waals surface area contributed by atoms with Crippen molar-refractivity contribution in [1.29, 1.82) is 0 Å². The molecule has 3 aromatic heterocycles. The molecule has 0 radical (unpaired) electrons. The number of sulfonamides is 1. The fourth-order valence-electron chi connectivity index (χ4n) is 2.64. The van der Waals surface area contributed by atoms with Crippen molar-refractivity contribution in [2.45, 2.75) is 31.2 Å². The van der Waals surface area contributed by atoms with Gasteiger partial charge in [0.2, 0.25) is 10.0 Å². The van der Waals surface area contributed by atoms with E-state index in [1.165, 1.54) is 10.7 Å². The first-order chi connectivity index (χ1) is 14.1. The lowest BCUT2D eigenvalue weighted by atomic mass is 10.1. The second-order valence-electron chi connectivity index (χ2n) is 7.66. The minimum atomic E-state index is -3.71. The summed E-state index contributed by atoms with van der Waals surface area (Å²) < 4.78 is 29.3. The summed E-state index contributed by atoms with van der Waals surface area (Å²) in [5, 5.41) is 9.41. The Hall–Kier alpha value is -3.09. The zero-order chi connectivity index (χ0) is 21.9. The number of hydrogen-bond donors (Lipinski definition) is 4. The third-order valence-electron chi connectivity index (χ3n) is 3.82. The molecule has 11 nitrogen and oxygen atoms in total. The number of hydrogen-bond acceptors (Lipinski definition) is 6. The third kappa shape index (κ3) is 5.28. The summed E-state index contributed by atoms with van der Waals surface area (Å²) in [6.07, 6.45) is 4.56. The summed E-state index contributed by atoms with van der Waals surface area (Å²) in [4.78, 5) is 20.1. The molecule has 12 heteroatoms. The first kappa shape index (κ1) is 21.6. The molecule has 0 aliphatic carbocycles. The molecule has 0 saturated heterocycles. The summed E-state index contributed by atoms with van der Waals surface area (Å²) in [6.45, 7) is 6.33. The summed E-state index contributed by atoms with van der Waals surface area (Å²) in [7, 11) is -3.71. The van der Waals surface area contributed by atoms with E-state index in [9.17, 15) is 13.2 Å². The van der Waals surface area contributed by atoms with E-state index in [1.807, 2.05) is 0 Å². The zero-order valence-electron chi connectivity index (χ0n) is 17.0. The molecule has 0 spiro atoms. The lowest BCUT2D eigenvalue weighted by molar-refractivity contribution is -0.364. The van der Waals surface area contributed by atoms with Crippen LogP contribution in [0.4, 0.5) is 10.7 Å². The van der Waals surface area contributed by atoms with Crippen LogP contribution in [0, 0.1) is 0 Å². The highest BCUT2D eigenvalue weighted by Gasteiger charge is 2.22. The van der Waals surface area contributed by atoms with Gasteiger partial charge < -0.3 is 11.1 Å². The number of carbonyl (C=O) groups is 1. The minimum absolute atomic E-state index is 0.0676. The Morgan fingerprint density at radius 2 is 1.97 bits per heavy atom. The van der Waals surface area contributed by atoms with Crippen molar-refractivity contribution < 1.29 is 18.9 Å². The fourth-order valence-corrected chi connectivity index (χ4v) is 4.05. The summed E-state index contributed by atoms with van der Waals surface area (Å²) in [5.41, 5.74) is 4.86. The van der Waals surface area contributed by atoms with Gasteiger partial charge in [-0.05, 0) is 39.0 Å². The molecule has 0 fully saturated rings. The maximum atomic E-state index is 12.6. The number of urea groups is 1. The number of carbonyl (C=O) groups excluding carboxylic acids is 1. The van der Waals surface area contributed by atoms with E-state index in [0.717, 1.165) is 0 Å². The number of nitrogens with one attached hydrogen (secondary N) is 3. The van der Waals surface area contributed by atoms with Gasteiger partial charge in [0.15, 0.2) is 5.65 Å². The van der Waals surface area contributed by atoms with E-state index in [-0.39, 0.29) is 10.8 Å². The average Bonchev–Trinajstić information content (AvgIpc) is 3.06. The standard InChI is InChI=1S/C18H24N8O3S/c1-18(2,3)25-30(28,29)14-8-13(9-20-10-14)12-4-5-15-22-16(24-26(15)11-12)23-17(27)21-7-6-19/h4-5,8-11,25H,6-7,19H2,1-3H3,(H2,21,23,24,27)/p+1. The van der Waals surface area contributed by atoms with E-state index in [0.29, 0.717) is 29.9 Å². The van der Waals surface area contributed by atoms with Gasteiger partial charge in [-0.15, -0.1) is 5.10 Å². The molecular weight excluding hydrogens is 408 g/mol. The second kappa shape index (κ2) is 8.34. The molecule has 6 N–H and O–H groups in total. The largest absolute Gasteiger partial charge is 0.356 e. The molecule has 160 valence electrons. The molecule has 0 aliphatic heterocycles. The predicted octanol–water partition coefficient (Wildman–Crippen LogP) is 0.232. The van der Waals surface area contributed by atoms with Gasteiger partial charge in [-0.3, -0.25) is 10.3 Å². The number of rotatable bonds is 6. The van der Waals surface area contributed by atoms with Gasteiger partial charge in [-0.2, -0.15) is 4.98 Å². The molecule has 3 aromatic rings. The highest BCUT2D eigenvalue weighted by molar-refractivity contribution is 7.89. The first-order valence-corrected chi connectivity index (χ1v) is 10.8. The van der Waals surface area contributed by atoms with Crippen LogP contribution in [0.15, 0.2) is 41.7 Å². The molecule has 0 aliphatic rings. The molecule has 30 heavy (non-hydrogen) atoms. The van der Waals surface area contributed by atoms with Crippen molar-refractivity contribution in [3.05, 3.63) is 36.8 Å². The molecule has 3 rings (SSSR count). The van der Waals surface area contributed by atoms with Crippen LogP contribution < -0.4 is 21.1 Å². The Bertz CT molecular complexity index is 1170. The summed E-state index contributed by atoms with van der Waals surface area (Å²) in [6, 6.07) is 4.63. The van der Waals surface area contributed by atoms with Crippen LogP contribution in [0.1, 0.15) is 20.8 Å². The molecule has 2 amide bonds. The van der Waals surface area contributed by atoms with Crippen molar-refractivity contribution in [2.75, 3.05) is 18.4 Å². The second-order valence-corrected chi connectivity index (χ2v) is 9.34. The van der Waals surface area contributed by atoms with Crippen molar-refractivity contribution in [2.24, 2.45) is 0 Å². The number of anilines is 1. The van der Waals surface area contributed by atoms with Crippen LogP contribution in [0.25, 0.3) is 16.8 Å². The maximum Gasteiger partial charge on any atom is 0.321 e. The zero-order valence-corrected chi connectivity index (χ0v) is 17.8. The van der Waals surface area contributed by atoms with Gasteiger partial charge in [-0.25, -0.2) is 22.4 Å². The van der Waals surface area contributed by atoms with Gasteiger partial charge in [0.25, 0.3) is 5.95 Å². The van der Waals surface area contributed by atoms with E-state index in [1.54, 1.807) is 51.4 Å². The quantitative estimate of drug-likeness (QED) is 0.436. The van der Waals surface area contributed by atoms with E-state index in [4.69, 9.17) is 0 Å². The maximum absolute atomic E-state index is 12.6. The molecule has 0 atom stereocenters. The number of quaternary nitrogens is 1. The van der Waals surface area contributed by atoms with E-state index in [2.05, 4.69) is 36.2 Å². The number of pyridine rings is 2. The highest BCUT2D eigenvalue weighted by atomic mass is 32.2. The Kier molecular flexibility index (Phi) is 6.01. The monoisotopic (exact) mass is 433 g/mol. The van der Waals surface area contributed by atoms with Crippen LogP contribution in [0.2, 0.25) is 0 Å². The van der Waals surface area contributed by atoms with Crippen molar-refractivity contribution in [3.8, 4) is 11.1 Å². The van der Waals surface area contributed by atoms with Crippen LogP contribution in [0.3, 0.4) is 0 Å². The van der Waals surface area contributed by atoms with Crippen LogP contribution in [-0.2, 0) is 10.0 Å². The lowest BCUT2D eigenvalue weighted by Gasteiger charge is -2.20. The summed E-state index contributed by atoms with van der Waals surface area (Å²) in [5.74, 6) is 0.151. The van der Waals surface area contributed by atoms with Crippen molar-refractivity contribution >= 4 is 27.6 Å². The van der Waals surface area contributed by atoms with Crippen molar-refractivity contribution in [1.82, 2.24) is 29.6 Å². The Morgan fingerprint density at radius 3 is 2.67 bits per heavy atom. The normalized spacial score (nSPS) is 12.1. The average molecular weight is 434 g/mol. The molecule has 0 bridgehead atoms. The Labute approximate surface area is 174 Å². The number of amides is 2. The van der Waals surface area contributed by atoms with Crippen LogP contribution in [0.5, 0.6) is 0 Å². The molecule has 0 unspecified atom stereocenters. The van der Waals surface area contributed by atoms with E-state index >= 15 is 0 Å². The predicted molar refractivity (Wildman–Crippen MR) is 111 cm³/mol. The van der Waals surface area contributed by atoms with Gasteiger partial charge in [-0.1, -0.05) is 0 Å². The van der Waals surface area contributed by atoms with Gasteiger partial charge in [0, 0.05) is 35.3 Å². The van der Waals surface area contributed by atoms with Gasteiger partial charge in [0.1, 0.15) is 4.90 Å². The van der Waals surface area contributed by atoms with Crippen LogP contribution >= 0.6 is 0 Å². The fraction of sp³-hybridized carbons (Fsp3) is 0.333.